The number of ether oxygens (including phenoxy) is 2. The number of hydrogen-bond donors (Lipinski definition) is 0. The maximum atomic E-state index is 12.8. The van der Waals surface area contributed by atoms with Crippen molar-refractivity contribution < 1.29 is 40.7 Å². The molecule has 0 aliphatic rings. The van der Waals surface area contributed by atoms with E-state index in [1.54, 1.807) is 0 Å². The Bertz CT molecular complexity index is 1040. The Morgan fingerprint density at radius 1 is 0.742 bits per heavy atom. The third-order valence-electron chi connectivity index (χ3n) is 3.88. The first-order chi connectivity index (χ1) is 14.5. The van der Waals surface area contributed by atoms with Crippen LogP contribution in [-0.2, 0) is 0 Å². The molecule has 3 aromatic rings. The number of pyridine rings is 1. The minimum absolute atomic E-state index is 0.301. The zero-order valence-electron chi connectivity index (χ0n) is 15.1. The van der Waals surface area contributed by atoms with Crippen LogP contribution in [0.5, 0.6) is 11.5 Å². The fourth-order valence-corrected chi connectivity index (χ4v) is 2.83. The van der Waals surface area contributed by atoms with Crippen LogP contribution in [0.25, 0.3) is 22.4 Å². The number of nitrogens with zero attached hydrogens (tertiary/aromatic N) is 2. The van der Waals surface area contributed by atoms with Gasteiger partial charge in [0.1, 0.15) is 11.5 Å². The first-order valence-electron chi connectivity index (χ1n) is 8.30. The number of halogens is 6. The highest BCUT2D eigenvalue weighted by Crippen LogP contribution is 2.44. The van der Waals surface area contributed by atoms with E-state index in [-0.39, 0.29) is 16.7 Å². The van der Waals surface area contributed by atoms with Crippen LogP contribution in [-0.4, -0.2) is 22.6 Å². The standard InChI is InChI=1S/C19H10F6N2O4/c20-18(21,22)30-14-7-3-1-5-11(14)12-9-10-26-16(17(12)27(28)29)13-6-2-4-8-15(13)31-19(23,24)25/h1-10H. The minimum atomic E-state index is -5.09. The number of benzene rings is 2. The average Bonchev–Trinajstić information content (AvgIpc) is 2.66. The highest BCUT2D eigenvalue weighted by Gasteiger charge is 2.35. The van der Waals surface area contributed by atoms with Gasteiger partial charge in [-0.25, -0.2) is 4.98 Å². The quantitative estimate of drug-likeness (QED) is 0.269. The second-order valence-corrected chi connectivity index (χ2v) is 5.90. The van der Waals surface area contributed by atoms with Crippen molar-refractivity contribution in [2.45, 2.75) is 12.7 Å². The van der Waals surface area contributed by atoms with Crippen LogP contribution < -0.4 is 9.47 Å². The van der Waals surface area contributed by atoms with Crippen LogP contribution in [0.1, 0.15) is 0 Å². The Balaban J connectivity index is 2.25. The molecule has 2 aromatic carbocycles. The van der Waals surface area contributed by atoms with Crippen LogP contribution in [0.15, 0.2) is 60.8 Å². The Labute approximate surface area is 169 Å². The third kappa shape index (κ3) is 5.21. The summed E-state index contributed by atoms with van der Waals surface area (Å²) < 4.78 is 84.4. The number of aromatic nitrogens is 1. The van der Waals surface area contributed by atoms with Crippen molar-refractivity contribution in [3.63, 3.8) is 0 Å². The second kappa shape index (κ2) is 8.13. The molecule has 0 N–H and O–H groups in total. The van der Waals surface area contributed by atoms with E-state index < -0.39 is 40.5 Å². The molecule has 0 aliphatic carbocycles. The van der Waals surface area contributed by atoms with Crippen LogP contribution in [0, 0.1) is 10.1 Å². The monoisotopic (exact) mass is 444 g/mol. The summed E-state index contributed by atoms with van der Waals surface area (Å²) in [5.41, 5.74) is -2.35. The van der Waals surface area contributed by atoms with E-state index in [1.807, 2.05) is 0 Å². The van der Waals surface area contributed by atoms with Crippen LogP contribution in [0.3, 0.4) is 0 Å². The molecule has 0 saturated carbocycles. The molecule has 31 heavy (non-hydrogen) atoms. The molecule has 12 heteroatoms. The lowest BCUT2D eigenvalue weighted by Gasteiger charge is -2.15. The first kappa shape index (κ1) is 21.9. The van der Waals surface area contributed by atoms with Gasteiger partial charge in [0.25, 0.3) is 0 Å². The zero-order chi connectivity index (χ0) is 22.8. The maximum Gasteiger partial charge on any atom is 0.573 e. The molecule has 1 heterocycles. The molecule has 0 saturated heterocycles. The summed E-state index contributed by atoms with van der Waals surface area (Å²) in [5, 5.41) is 11.8. The molecule has 162 valence electrons. The van der Waals surface area contributed by atoms with E-state index in [4.69, 9.17) is 0 Å². The lowest BCUT2D eigenvalue weighted by Crippen LogP contribution is -2.18. The number of hydrogen-bond acceptors (Lipinski definition) is 5. The summed E-state index contributed by atoms with van der Waals surface area (Å²) in [6.07, 6.45) is -9.14. The largest absolute Gasteiger partial charge is 0.573 e. The predicted octanol–water partition coefficient (Wildman–Crippen LogP) is 6.12. The van der Waals surface area contributed by atoms with E-state index in [9.17, 15) is 36.5 Å². The van der Waals surface area contributed by atoms with Gasteiger partial charge in [0.2, 0.25) is 0 Å². The zero-order valence-corrected chi connectivity index (χ0v) is 15.1. The number of para-hydroxylation sites is 2. The molecular formula is C19H10F6N2O4. The molecule has 0 bridgehead atoms. The van der Waals surface area contributed by atoms with Crippen molar-refractivity contribution in [2.24, 2.45) is 0 Å². The number of rotatable bonds is 5. The van der Waals surface area contributed by atoms with Crippen molar-refractivity contribution in [2.75, 3.05) is 0 Å². The van der Waals surface area contributed by atoms with E-state index in [0.717, 1.165) is 36.5 Å². The summed E-state index contributed by atoms with van der Waals surface area (Å²) in [5.74, 6) is -1.49. The Morgan fingerprint density at radius 2 is 1.23 bits per heavy atom. The minimum Gasteiger partial charge on any atom is -0.405 e. The smallest absolute Gasteiger partial charge is 0.405 e. The van der Waals surface area contributed by atoms with Gasteiger partial charge in [-0.05, 0) is 24.3 Å². The van der Waals surface area contributed by atoms with Gasteiger partial charge in [-0.1, -0.05) is 30.3 Å². The van der Waals surface area contributed by atoms with Crippen molar-refractivity contribution in [3.8, 4) is 33.9 Å². The van der Waals surface area contributed by atoms with Crippen molar-refractivity contribution in [3.05, 3.63) is 70.9 Å². The predicted molar refractivity (Wildman–Crippen MR) is 95.1 cm³/mol. The Kier molecular flexibility index (Phi) is 5.73. The normalized spacial score (nSPS) is 11.8. The van der Waals surface area contributed by atoms with Crippen molar-refractivity contribution in [1.82, 2.24) is 4.98 Å². The summed E-state index contributed by atoms with van der Waals surface area (Å²) in [6.45, 7) is 0. The Morgan fingerprint density at radius 3 is 1.74 bits per heavy atom. The fourth-order valence-electron chi connectivity index (χ4n) is 2.83. The highest BCUT2D eigenvalue weighted by molar-refractivity contribution is 5.87. The second-order valence-electron chi connectivity index (χ2n) is 5.90. The topological polar surface area (TPSA) is 74.5 Å². The van der Waals surface area contributed by atoms with Crippen LogP contribution in [0.2, 0.25) is 0 Å². The van der Waals surface area contributed by atoms with Gasteiger partial charge in [-0.3, -0.25) is 10.1 Å². The maximum absolute atomic E-state index is 12.8. The molecule has 0 spiro atoms. The van der Waals surface area contributed by atoms with Gasteiger partial charge in [0.05, 0.1) is 10.5 Å². The summed E-state index contributed by atoms with van der Waals surface area (Å²) in [7, 11) is 0. The van der Waals surface area contributed by atoms with Crippen LogP contribution in [0.4, 0.5) is 32.0 Å². The third-order valence-corrected chi connectivity index (χ3v) is 3.88. The molecule has 0 radical (unpaired) electrons. The lowest BCUT2D eigenvalue weighted by atomic mass is 9.99. The molecule has 0 fully saturated rings. The van der Waals surface area contributed by atoms with E-state index >= 15 is 0 Å². The molecular weight excluding hydrogens is 434 g/mol. The summed E-state index contributed by atoms with van der Waals surface area (Å²) in [4.78, 5) is 14.7. The van der Waals surface area contributed by atoms with Gasteiger partial charge in [-0.15, -0.1) is 26.3 Å². The van der Waals surface area contributed by atoms with E-state index in [2.05, 4.69) is 14.5 Å². The first-order valence-corrected chi connectivity index (χ1v) is 8.30. The molecule has 0 unspecified atom stereocenters. The Hall–Kier alpha value is -3.83. The van der Waals surface area contributed by atoms with Gasteiger partial charge in [0.15, 0.2) is 5.69 Å². The lowest BCUT2D eigenvalue weighted by molar-refractivity contribution is -0.383. The summed E-state index contributed by atoms with van der Waals surface area (Å²) >= 11 is 0. The highest BCUT2D eigenvalue weighted by atomic mass is 19.4. The van der Waals surface area contributed by atoms with Gasteiger partial charge in [-0.2, -0.15) is 0 Å². The van der Waals surface area contributed by atoms with E-state index in [1.165, 1.54) is 24.3 Å². The molecule has 3 rings (SSSR count). The summed E-state index contributed by atoms with van der Waals surface area (Å²) in [6, 6.07) is 10.3. The molecule has 0 atom stereocenters. The van der Waals surface area contributed by atoms with E-state index in [0.29, 0.717) is 0 Å². The number of alkyl halides is 6. The molecule has 6 nitrogen and oxygen atoms in total. The molecule has 0 aliphatic heterocycles. The van der Waals surface area contributed by atoms with Gasteiger partial charge < -0.3 is 9.47 Å². The fraction of sp³-hybridized carbons (Fsp3) is 0.105. The average molecular weight is 444 g/mol. The SMILES string of the molecule is O=[N+]([O-])c1c(-c2ccccc2OC(F)(F)F)ccnc1-c1ccccc1OC(F)(F)F. The van der Waals surface area contributed by atoms with Crippen molar-refractivity contribution in [1.29, 1.82) is 0 Å². The van der Waals surface area contributed by atoms with Gasteiger partial charge in [0, 0.05) is 17.3 Å². The molecule has 0 amide bonds. The van der Waals surface area contributed by atoms with Crippen LogP contribution >= 0.6 is 0 Å². The molecule has 1 aromatic heterocycles. The number of nitro groups is 1. The van der Waals surface area contributed by atoms with Gasteiger partial charge >= 0.3 is 18.4 Å². The van der Waals surface area contributed by atoms with Crippen molar-refractivity contribution >= 4 is 5.69 Å².